The highest BCUT2D eigenvalue weighted by molar-refractivity contribution is 5.66. The van der Waals surface area contributed by atoms with Gasteiger partial charge < -0.3 is 9.47 Å². The third-order valence-corrected chi connectivity index (χ3v) is 3.48. The van der Waals surface area contributed by atoms with Crippen LogP contribution in [0.3, 0.4) is 0 Å². The van der Waals surface area contributed by atoms with E-state index in [1.807, 2.05) is 18.2 Å². The monoisotopic (exact) mass is 246 g/mol. The molecular weight excluding hydrogens is 228 g/mol. The van der Waals surface area contributed by atoms with Crippen LogP contribution in [-0.4, -0.2) is 19.7 Å². The minimum Gasteiger partial charge on any atom is -0.497 e. The van der Waals surface area contributed by atoms with Crippen molar-refractivity contribution in [1.82, 2.24) is 0 Å². The van der Waals surface area contributed by atoms with Gasteiger partial charge in [0.05, 0.1) is 13.7 Å². The van der Waals surface area contributed by atoms with Crippen LogP contribution in [0.15, 0.2) is 36.4 Å². The van der Waals surface area contributed by atoms with Gasteiger partial charge in [-0.2, -0.15) is 0 Å². The molecule has 1 aromatic rings. The Hall–Kier alpha value is -1.77. The fourth-order valence-corrected chi connectivity index (χ4v) is 2.36. The molecule has 1 aromatic carbocycles. The van der Waals surface area contributed by atoms with Crippen molar-refractivity contribution in [1.29, 1.82) is 0 Å². The summed E-state index contributed by atoms with van der Waals surface area (Å²) in [5, 5.41) is 0. The number of methoxy groups -OCH3 is 1. The Morgan fingerprint density at radius 3 is 2.89 bits per heavy atom. The number of hydrogen-bond acceptors (Lipinski definition) is 3. The molecule has 0 amide bonds. The summed E-state index contributed by atoms with van der Waals surface area (Å²) in [5.41, 5.74) is 2.38. The zero-order chi connectivity index (χ0) is 13.1. The first-order valence-electron chi connectivity index (χ1n) is 6.06. The molecule has 0 N–H and O–H groups in total. The third-order valence-electron chi connectivity index (χ3n) is 3.48. The fourth-order valence-electron chi connectivity index (χ4n) is 2.36. The summed E-state index contributed by atoms with van der Waals surface area (Å²) in [7, 11) is 1.66. The molecule has 0 bridgehead atoms. The van der Waals surface area contributed by atoms with Crippen molar-refractivity contribution < 1.29 is 14.3 Å². The quantitative estimate of drug-likeness (QED) is 0.605. The Bertz CT molecular complexity index is 465. The summed E-state index contributed by atoms with van der Waals surface area (Å²) in [5.74, 6) is 1.24. The average molecular weight is 246 g/mol. The van der Waals surface area contributed by atoms with E-state index < -0.39 is 0 Å². The molecule has 2 rings (SSSR count). The summed E-state index contributed by atoms with van der Waals surface area (Å²) < 4.78 is 10.3. The number of ether oxygens (including phenoxy) is 2. The van der Waals surface area contributed by atoms with Gasteiger partial charge in [0.25, 0.3) is 0 Å². The first-order chi connectivity index (χ1) is 8.61. The van der Waals surface area contributed by atoms with E-state index in [0.717, 1.165) is 17.7 Å². The second-order valence-electron chi connectivity index (χ2n) is 4.65. The minimum absolute atomic E-state index is 0.237. The molecular formula is C15H18O3. The summed E-state index contributed by atoms with van der Waals surface area (Å²) >= 11 is 0. The van der Waals surface area contributed by atoms with Crippen LogP contribution in [0.1, 0.15) is 24.8 Å². The van der Waals surface area contributed by atoms with Crippen molar-refractivity contribution in [2.45, 2.75) is 19.3 Å². The van der Waals surface area contributed by atoms with Gasteiger partial charge in [0.1, 0.15) is 5.75 Å². The Balaban J connectivity index is 2.08. The molecule has 96 valence electrons. The molecule has 2 atom stereocenters. The third kappa shape index (κ3) is 2.55. The van der Waals surface area contributed by atoms with Gasteiger partial charge >= 0.3 is 5.97 Å². The first kappa shape index (κ1) is 12.7. The largest absolute Gasteiger partial charge is 0.497 e. The van der Waals surface area contributed by atoms with E-state index in [1.54, 1.807) is 7.11 Å². The molecule has 0 saturated heterocycles. The number of hydrogen-bond donors (Lipinski definition) is 0. The van der Waals surface area contributed by atoms with Crippen LogP contribution in [-0.2, 0) is 9.53 Å². The summed E-state index contributed by atoms with van der Waals surface area (Å²) in [6.45, 7) is 5.87. The lowest BCUT2D eigenvalue weighted by molar-refractivity contribution is -0.142. The van der Waals surface area contributed by atoms with Gasteiger partial charge in [0.15, 0.2) is 0 Å². The smallest absolute Gasteiger partial charge is 0.302 e. The average Bonchev–Trinajstić information content (AvgIpc) is 2.35. The van der Waals surface area contributed by atoms with Crippen LogP contribution < -0.4 is 4.74 Å². The van der Waals surface area contributed by atoms with Crippen molar-refractivity contribution in [2.24, 2.45) is 5.92 Å². The SMILES string of the molecule is C=C1C[C@H](c2cccc(OC)c2)[C@H]1COC(C)=O. The maximum absolute atomic E-state index is 10.9. The normalized spacial score (nSPS) is 22.2. The lowest BCUT2D eigenvalue weighted by atomic mass is 9.67. The van der Waals surface area contributed by atoms with Crippen LogP contribution in [0, 0.1) is 5.92 Å². The van der Waals surface area contributed by atoms with Gasteiger partial charge in [-0.1, -0.05) is 24.3 Å². The van der Waals surface area contributed by atoms with E-state index >= 15 is 0 Å². The molecule has 0 radical (unpaired) electrons. The highest BCUT2D eigenvalue weighted by atomic mass is 16.5. The Kier molecular flexibility index (Phi) is 3.70. The molecule has 0 unspecified atom stereocenters. The lowest BCUT2D eigenvalue weighted by Crippen LogP contribution is -2.31. The maximum Gasteiger partial charge on any atom is 0.302 e. The lowest BCUT2D eigenvalue weighted by Gasteiger charge is -2.39. The van der Waals surface area contributed by atoms with E-state index in [-0.39, 0.29) is 11.9 Å². The van der Waals surface area contributed by atoms with E-state index in [4.69, 9.17) is 9.47 Å². The van der Waals surface area contributed by atoms with Crippen LogP contribution in [0.4, 0.5) is 0 Å². The van der Waals surface area contributed by atoms with Gasteiger partial charge in [-0.3, -0.25) is 4.79 Å². The van der Waals surface area contributed by atoms with Crippen molar-refractivity contribution in [3.8, 4) is 5.75 Å². The molecule has 0 heterocycles. The molecule has 1 aliphatic carbocycles. The second kappa shape index (κ2) is 5.25. The maximum atomic E-state index is 10.9. The zero-order valence-electron chi connectivity index (χ0n) is 10.8. The fraction of sp³-hybridized carbons (Fsp3) is 0.400. The van der Waals surface area contributed by atoms with Gasteiger partial charge in [0.2, 0.25) is 0 Å². The van der Waals surface area contributed by atoms with Gasteiger partial charge in [-0.25, -0.2) is 0 Å². The van der Waals surface area contributed by atoms with E-state index in [2.05, 4.69) is 12.6 Å². The van der Waals surface area contributed by atoms with Gasteiger partial charge in [-0.05, 0) is 30.0 Å². The molecule has 3 heteroatoms. The zero-order valence-corrected chi connectivity index (χ0v) is 10.8. The van der Waals surface area contributed by atoms with Gasteiger partial charge in [-0.15, -0.1) is 0 Å². The Morgan fingerprint density at radius 2 is 2.28 bits per heavy atom. The van der Waals surface area contributed by atoms with E-state index in [9.17, 15) is 4.79 Å². The number of rotatable bonds is 4. The molecule has 0 aliphatic heterocycles. The van der Waals surface area contributed by atoms with Crippen molar-refractivity contribution in [2.75, 3.05) is 13.7 Å². The predicted octanol–water partition coefficient (Wildman–Crippen LogP) is 2.92. The first-order valence-corrected chi connectivity index (χ1v) is 6.06. The van der Waals surface area contributed by atoms with E-state index in [0.29, 0.717) is 12.5 Å². The van der Waals surface area contributed by atoms with Crippen LogP contribution in [0.5, 0.6) is 5.75 Å². The molecule has 18 heavy (non-hydrogen) atoms. The molecule has 3 nitrogen and oxygen atoms in total. The Morgan fingerprint density at radius 1 is 1.50 bits per heavy atom. The molecule has 1 saturated carbocycles. The molecule has 1 aliphatic rings. The highest BCUT2D eigenvalue weighted by Gasteiger charge is 2.36. The van der Waals surface area contributed by atoms with Crippen molar-refractivity contribution in [3.05, 3.63) is 42.0 Å². The highest BCUT2D eigenvalue weighted by Crippen LogP contribution is 2.46. The minimum atomic E-state index is -0.237. The number of benzene rings is 1. The van der Waals surface area contributed by atoms with Crippen molar-refractivity contribution >= 4 is 5.97 Å². The number of esters is 1. The standard InChI is InChI=1S/C15H18O3/c1-10-7-14(15(10)9-18-11(2)16)12-5-4-6-13(8-12)17-3/h4-6,8,14-15H,1,7,9H2,2-3H3/t14-,15+/m1/s1. The topological polar surface area (TPSA) is 35.5 Å². The molecule has 0 spiro atoms. The number of carbonyl (C=O) groups excluding carboxylic acids is 1. The molecule has 1 fully saturated rings. The summed E-state index contributed by atoms with van der Waals surface area (Å²) in [6, 6.07) is 8.04. The molecule has 0 aromatic heterocycles. The number of carbonyl (C=O) groups is 1. The van der Waals surface area contributed by atoms with E-state index in [1.165, 1.54) is 12.5 Å². The van der Waals surface area contributed by atoms with Crippen LogP contribution >= 0.6 is 0 Å². The summed E-state index contributed by atoms with van der Waals surface area (Å²) in [4.78, 5) is 10.9. The predicted molar refractivity (Wildman–Crippen MR) is 69.6 cm³/mol. The Labute approximate surface area is 107 Å². The van der Waals surface area contributed by atoms with Crippen LogP contribution in [0.2, 0.25) is 0 Å². The summed E-state index contributed by atoms with van der Waals surface area (Å²) in [6.07, 6.45) is 0.957. The van der Waals surface area contributed by atoms with Crippen LogP contribution in [0.25, 0.3) is 0 Å². The van der Waals surface area contributed by atoms with Crippen molar-refractivity contribution in [3.63, 3.8) is 0 Å². The van der Waals surface area contributed by atoms with Gasteiger partial charge in [0, 0.05) is 12.8 Å². The second-order valence-corrected chi connectivity index (χ2v) is 4.65.